The lowest BCUT2D eigenvalue weighted by molar-refractivity contribution is 0.102. The van der Waals surface area contributed by atoms with Gasteiger partial charge in [0, 0.05) is 23.2 Å². The molecule has 0 radical (unpaired) electrons. The first-order valence-electron chi connectivity index (χ1n) is 6.13. The molecule has 3 rings (SSSR count). The monoisotopic (exact) mass is 302 g/mol. The summed E-state index contributed by atoms with van der Waals surface area (Å²) in [6.45, 7) is 0. The Labute approximate surface area is 125 Å². The third-order valence-electron chi connectivity index (χ3n) is 2.94. The molecule has 0 unspecified atom stereocenters. The van der Waals surface area contributed by atoms with E-state index in [2.05, 4.69) is 20.3 Å². The Hall–Kier alpha value is -2.60. The lowest BCUT2D eigenvalue weighted by Crippen LogP contribution is -2.14. The largest absolute Gasteiger partial charge is 0.481 e. The van der Waals surface area contributed by atoms with E-state index in [9.17, 15) is 4.79 Å². The van der Waals surface area contributed by atoms with Crippen molar-refractivity contribution in [1.82, 2.24) is 15.0 Å². The van der Waals surface area contributed by atoms with Crippen LogP contribution in [0.2, 0.25) is 5.15 Å². The van der Waals surface area contributed by atoms with Gasteiger partial charge in [0.25, 0.3) is 5.91 Å². The van der Waals surface area contributed by atoms with Gasteiger partial charge in [-0.3, -0.25) is 10.1 Å². The number of aromatic nitrogens is 3. The molecule has 0 saturated carbocycles. The Morgan fingerprint density at radius 1 is 1.33 bits per heavy atom. The molecule has 106 valence electrons. The minimum Gasteiger partial charge on any atom is -0.481 e. The van der Waals surface area contributed by atoms with Crippen molar-refractivity contribution in [3.05, 3.63) is 47.2 Å². The topological polar surface area (TPSA) is 79.9 Å². The van der Waals surface area contributed by atoms with Crippen molar-refractivity contribution in [3.63, 3.8) is 0 Å². The number of methoxy groups -OCH3 is 1. The zero-order valence-corrected chi connectivity index (χ0v) is 11.8. The van der Waals surface area contributed by atoms with E-state index in [0.29, 0.717) is 5.56 Å². The summed E-state index contributed by atoms with van der Waals surface area (Å²) >= 11 is 5.84. The molecule has 0 atom stereocenters. The highest BCUT2D eigenvalue weighted by Gasteiger charge is 2.14. The third-order valence-corrected chi connectivity index (χ3v) is 3.13. The van der Waals surface area contributed by atoms with E-state index in [1.165, 1.54) is 13.2 Å². The number of H-pyrrole nitrogens is 1. The summed E-state index contributed by atoms with van der Waals surface area (Å²) in [6.07, 6.45) is 1.64. The van der Waals surface area contributed by atoms with Crippen LogP contribution in [0.1, 0.15) is 10.4 Å². The molecular weight excluding hydrogens is 292 g/mol. The Kier molecular flexibility index (Phi) is 3.45. The second-order valence-corrected chi connectivity index (χ2v) is 4.65. The van der Waals surface area contributed by atoms with Crippen LogP contribution in [0.5, 0.6) is 5.88 Å². The SMILES string of the molecule is COc1cc(Cl)nc(NC(=O)c2c[nH]c3ccccc23)n1. The zero-order chi connectivity index (χ0) is 14.8. The number of hydrogen-bond donors (Lipinski definition) is 2. The molecule has 1 aromatic carbocycles. The Balaban J connectivity index is 1.91. The van der Waals surface area contributed by atoms with Crippen molar-refractivity contribution in [1.29, 1.82) is 0 Å². The number of benzene rings is 1. The molecule has 0 fully saturated rings. The molecule has 0 aliphatic carbocycles. The summed E-state index contributed by atoms with van der Waals surface area (Å²) < 4.78 is 4.99. The van der Waals surface area contributed by atoms with E-state index in [4.69, 9.17) is 16.3 Å². The minimum atomic E-state index is -0.322. The first kappa shape index (κ1) is 13.4. The number of ether oxygens (including phenoxy) is 1. The number of fused-ring (bicyclic) bond motifs is 1. The first-order chi connectivity index (χ1) is 10.2. The number of halogens is 1. The number of hydrogen-bond acceptors (Lipinski definition) is 4. The van der Waals surface area contributed by atoms with Gasteiger partial charge in [0.2, 0.25) is 11.8 Å². The molecule has 0 aliphatic heterocycles. The van der Waals surface area contributed by atoms with Crippen molar-refractivity contribution in [2.24, 2.45) is 0 Å². The Morgan fingerprint density at radius 3 is 2.95 bits per heavy atom. The third kappa shape index (κ3) is 2.66. The molecule has 2 aromatic heterocycles. The van der Waals surface area contributed by atoms with Gasteiger partial charge in [0.05, 0.1) is 12.7 Å². The summed E-state index contributed by atoms with van der Waals surface area (Å²) in [6, 6.07) is 8.98. The lowest BCUT2D eigenvalue weighted by atomic mass is 10.1. The van der Waals surface area contributed by atoms with Gasteiger partial charge in [-0.15, -0.1) is 0 Å². The molecule has 21 heavy (non-hydrogen) atoms. The van der Waals surface area contributed by atoms with Crippen molar-refractivity contribution in [2.75, 3.05) is 12.4 Å². The van der Waals surface area contributed by atoms with E-state index in [1.54, 1.807) is 6.20 Å². The minimum absolute atomic E-state index is 0.0923. The highest BCUT2D eigenvalue weighted by molar-refractivity contribution is 6.29. The van der Waals surface area contributed by atoms with E-state index < -0.39 is 0 Å². The first-order valence-corrected chi connectivity index (χ1v) is 6.51. The maximum atomic E-state index is 12.3. The highest BCUT2D eigenvalue weighted by atomic mass is 35.5. The number of amides is 1. The second kappa shape index (κ2) is 5.41. The fraction of sp³-hybridized carbons (Fsp3) is 0.0714. The molecule has 6 nitrogen and oxygen atoms in total. The number of aromatic amines is 1. The number of carbonyl (C=O) groups excluding carboxylic acids is 1. The fourth-order valence-electron chi connectivity index (χ4n) is 1.99. The van der Waals surface area contributed by atoms with Gasteiger partial charge in [0.15, 0.2) is 0 Å². The molecule has 7 heteroatoms. The van der Waals surface area contributed by atoms with Crippen LogP contribution in [-0.4, -0.2) is 28.0 Å². The van der Waals surface area contributed by atoms with Crippen LogP contribution < -0.4 is 10.1 Å². The Morgan fingerprint density at radius 2 is 2.14 bits per heavy atom. The smallest absolute Gasteiger partial charge is 0.260 e. The van der Waals surface area contributed by atoms with Gasteiger partial charge < -0.3 is 9.72 Å². The molecule has 2 heterocycles. The van der Waals surface area contributed by atoms with Crippen LogP contribution in [0.3, 0.4) is 0 Å². The number of nitrogens with zero attached hydrogens (tertiary/aromatic N) is 2. The number of anilines is 1. The lowest BCUT2D eigenvalue weighted by Gasteiger charge is -2.05. The predicted molar refractivity (Wildman–Crippen MR) is 79.8 cm³/mol. The van der Waals surface area contributed by atoms with Crippen LogP contribution in [0.4, 0.5) is 5.95 Å². The van der Waals surface area contributed by atoms with Crippen molar-refractivity contribution in [2.45, 2.75) is 0 Å². The van der Waals surface area contributed by atoms with Gasteiger partial charge in [-0.25, -0.2) is 4.98 Å². The summed E-state index contributed by atoms with van der Waals surface area (Å²) in [7, 11) is 1.46. The normalized spacial score (nSPS) is 10.6. The van der Waals surface area contributed by atoms with E-state index >= 15 is 0 Å². The molecule has 2 N–H and O–H groups in total. The highest BCUT2D eigenvalue weighted by Crippen LogP contribution is 2.20. The zero-order valence-electron chi connectivity index (χ0n) is 11.1. The second-order valence-electron chi connectivity index (χ2n) is 4.26. The summed E-state index contributed by atoms with van der Waals surface area (Å²) in [5.41, 5.74) is 1.39. The van der Waals surface area contributed by atoms with Gasteiger partial charge in [0.1, 0.15) is 5.15 Å². The van der Waals surface area contributed by atoms with Crippen molar-refractivity contribution >= 4 is 34.4 Å². The molecule has 0 aliphatic rings. The van der Waals surface area contributed by atoms with Gasteiger partial charge in [-0.2, -0.15) is 4.98 Å². The van der Waals surface area contributed by atoms with Crippen molar-refractivity contribution < 1.29 is 9.53 Å². The van der Waals surface area contributed by atoms with Gasteiger partial charge >= 0.3 is 0 Å². The summed E-state index contributed by atoms with van der Waals surface area (Å²) in [5, 5.41) is 3.62. The Bertz CT molecular complexity index is 816. The number of nitrogens with one attached hydrogen (secondary N) is 2. The quantitative estimate of drug-likeness (QED) is 0.729. The molecule has 1 amide bonds. The maximum Gasteiger partial charge on any atom is 0.260 e. The maximum absolute atomic E-state index is 12.3. The summed E-state index contributed by atoms with van der Waals surface area (Å²) in [5.74, 6) is 0.0515. The van der Waals surface area contributed by atoms with E-state index in [-0.39, 0.29) is 22.9 Å². The van der Waals surface area contributed by atoms with Gasteiger partial charge in [-0.05, 0) is 6.07 Å². The van der Waals surface area contributed by atoms with Crippen molar-refractivity contribution in [3.8, 4) is 5.88 Å². The molecule has 3 aromatic rings. The number of rotatable bonds is 3. The van der Waals surface area contributed by atoms with Crippen LogP contribution in [0.15, 0.2) is 36.5 Å². The molecule has 0 bridgehead atoms. The standard InChI is InChI=1S/C14H11ClN4O2/c1-21-12-6-11(15)17-14(18-12)19-13(20)9-7-16-10-5-3-2-4-8(9)10/h2-7,16H,1H3,(H,17,18,19,20). The average molecular weight is 303 g/mol. The van der Waals surface area contributed by atoms with Gasteiger partial charge in [-0.1, -0.05) is 29.8 Å². The molecule has 0 saturated heterocycles. The van der Waals surface area contributed by atoms with E-state index in [0.717, 1.165) is 10.9 Å². The number of carbonyl (C=O) groups is 1. The average Bonchev–Trinajstić information content (AvgIpc) is 2.90. The van der Waals surface area contributed by atoms with Crippen LogP contribution in [0.25, 0.3) is 10.9 Å². The van der Waals surface area contributed by atoms with Crippen LogP contribution in [0, 0.1) is 0 Å². The molecular formula is C14H11ClN4O2. The predicted octanol–water partition coefficient (Wildman–Crippen LogP) is 2.87. The van der Waals surface area contributed by atoms with Crippen LogP contribution >= 0.6 is 11.6 Å². The fourth-order valence-corrected chi connectivity index (χ4v) is 2.16. The van der Waals surface area contributed by atoms with E-state index in [1.807, 2.05) is 24.3 Å². The molecule has 0 spiro atoms. The van der Waals surface area contributed by atoms with Crippen LogP contribution in [-0.2, 0) is 0 Å². The summed E-state index contributed by atoms with van der Waals surface area (Å²) in [4.78, 5) is 23.3. The number of para-hydroxylation sites is 1.